The molecule has 2 heterocycles. The van der Waals surface area contributed by atoms with Gasteiger partial charge in [0, 0.05) is 23.2 Å². The van der Waals surface area contributed by atoms with Gasteiger partial charge in [-0.05, 0) is 43.7 Å². The number of ether oxygens (including phenoxy) is 1. The molecule has 0 aliphatic heterocycles. The summed E-state index contributed by atoms with van der Waals surface area (Å²) in [5, 5.41) is 5.90. The van der Waals surface area contributed by atoms with E-state index < -0.39 is 0 Å². The van der Waals surface area contributed by atoms with Crippen molar-refractivity contribution in [3.05, 3.63) is 47.0 Å². The Morgan fingerprint density at radius 3 is 2.77 bits per heavy atom. The lowest BCUT2D eigenvalue weighted by Gasteiger charge is -2.02. The third kappa shape index (κ3) is 3.96. The highest BCUT2D eigenvalue weighted by atomic mass is 32.1. The summed E-state index contributed by atoms with van der Waals surface area (Å²) in [5.74, 6) is 0.785. The van der Waals surface area contributed by atoms with E-state index in [1.165, 1.54) is 0 Å². The predicted octanol–water partition coefficient (Wildman–Crippen LogP) is 4.65. The molecule has 0 atom stereocenters. The highest BCUT2D eigenvalue weighted by Crippen LogP contribution is 2.30. The number of methoxy groups -OCH3 is 1. The fourth-order valence-corrected chi connectivity index (χ4v) is 3.50. The summed E-state index contributed by atoms with van der Waals surface area (Å²) in [6, 6.07) is 9.72. The number of hydrogen-bond acceptors (Lipinski definition) is 4. The first-order chi connectivity index (χ1) is 12.6. The fraction of sp³-hybridized carbons (Fsp3) is 0.300. The lowest BCUT2D eigenvalue weighted by Crippen LogP contribution is -2.24. The van der Waals surface area contributed by atoms with Gasteiger partial charge in [-0.25, -0.2) is 4.98 Å². The molecule has 3 aromatic rings. The number of carbonyl (C=O) groups is 1. The van der Waals surface area contributed by atoms with Crippen LogP contribution in [0.5, 0.6) is 5.75 Å². The molecule has 2 aromatic heterocycles. The molecule has 0 unspecified atom stereocenters. The van der Waals surface area contributed by atoms with E-state index in [1.807, 2.05) is 42.6 Å². The molecule has 136 valence electrons. The van der Waals surface area contributed by atoms with E-state index in [4.69, 9.17) is 9.72 Å². The summed E-state index contributed by atoms with van der Waals surface area (Å²) >= 11 is 1.58. The Morgan fingerprint density at radius 2 is 2.08 bits per heavy atom. The van der Waals surface area contributed by atoms with Crippen LogP contribution in [-0.4, -0.2) is 29.5 Å². The van der Waals surface area contributed by atoms with Crippen molar-refractivity contribution in [2.45, 2.75) is 26.7 Å². The fourth-order valence-electron chi connectivity index (χ4n) is 2.67. The highest BCUT2D eigenvalue weighted by molar-refractivity contribution is 7.13. The van der Waals surface area contributed by atoms with Crippen molar-refractivity contribution in [1.82, 2.24) is 15.3 Å². The van der Waals surface area contributed by atoms with E-state index in [-0.39, 0.29) is 5.91 Å². The first-order valence-electron chi connectivity index (χ1n) is 8.70. The number of rotatable bonds is 7. The van der Waals surface area contributed by atoms with Crippen molar-refractivity contribution in [2.24, 2.45) is 0 Å². The third-order valence-electron chi connectivity index (χ3n) is 4.19. The van der Waals surface area contributed by atoms with E-state index in [9.17, 15) is 4.79 Å². The van der Waals surface area contributed by atoms with Gasteiger partial charge in [0.1, 0.15) is 10.8 Å². The zero-order chi connectivity index (χ0) is 18.5. The average molecular weight is 369 g/mol. The molecule has 0 fully saturated rings. The quantitative estimate of drug-likeness (QED) is 0.596. The standard InChI is InChI=1S/C20H23N3O2S/c1-4-5-10-21-19(24)16-11-17(22-13(16)2)18-12-26-20(23-18)14-6-8-15(25-3)9-7-14/h6-9,11-12,22H,4-5,10H2,1-3H3,(H,21,24). The Morgan fingerprint density at radius 1 is 1.31 bits per heavy atom. The van der Waals surface area contributed by atoms with Gasteiger partial charge in [0.2, 0.25) is 0 Å². The van der Waals surface area contributed by atoms with Crippen LogP contribution in [0.25, 0.3) is 22.0 Å². The molecule has 0 aliphatic carbocycles. The molecule has 3 rings (SSSR count). The second-order valence-electron chi connectivity index (χ2n) is 6.10. The molecular formula is C20H23N3O2S. The van der Waals surface area contributed by atoms with Gasteiger partial charge in [0.15, 0.2) is 0 Å². The molecule has 6 heteroatoms. The number of amides is 1. The number of hydrogen-bond donors (Lipinski definition) is 2. The second kappa shape index (κ2) is 8.19. The molecule has 2 N–H and O–H groups in total. The van der Waals surface area contributed by atoms with Crippen molar-refractivity contribution in [3.63, 3.8) is 0 Å². The number of nitrogens with one attached hydrogen (secondary N) is 2. The molecule has 0 bridgehead atoms. The number of aromatic amines is 1. The van der Waals surface area contributed by atoms with E-state index in [0.29, 0.717) is 12.1 Å². The summed E-state index contributed by atoms with van der Waals surface area (Å²) in [6.07, 6.45) is 2.05. The first-order valence-corrected chi connectivity index (χ1v) is 9.58. The van der Waals surface area contributed by atoms with Crippen LogP contribution in [0.2, 0.25) is 0 Å². The van der Waals surface area contributed by atoms with E-state index in [2.05, 4.69) is 17.2 Å². The van der Waals surface area contributed by atoms with Gasteiger partial charge in [0.25, 0.3) is 5.91 Å². The van der Waals surface area contributed by atoms with Crippen LogP contribution < -0.4 is 10.1 Å². The first kappa shape index (κ1) is 18.2. The number of benzene rings is 1. The Balaban J connectivity index is 1.78. The second-order valence-corrected chi connectivity index (χ2v) is 6.96. The average Bonchev–Trinajstić information content (AvgIpc) is 3.29. The SMILES string of the molecule is CCCCNC(=O)c1cc(-c2csc(-c3ccc(OC)cc3)n2)[nH]c1C. The van der Waals surface area contributed by atoms with Gasteiger partial charge < -0.3 is 15.0 Å². The Hall–Kier alpha value is -2.60. The lowest BCUT2D eigenvalue weighted by molar-refractivity contribution is 0.0952. The van der Waals surface area contributed by atoms with Crippen LogP contribution in [0.4, 0.5) is 0 Å². The normalized spacial score (nSPS) is 10.7. The molecule has 1 amide bonds. The maximum Gasteiger partial charge on any atom is 0.253 e. The third-order valence-corrected chi connectivity index (χ3v) is 5.08. The summed E-state index contributed by atoms with van der Waals surface area (Å²) in [7, 11) is 1.65. The number of aryl methyl sites for hydroxylation is 1. The van der Waals surface area contributed by atoms with E-state index >= 15 is 0 Å². The lowest BCUT2D eigenvalue weighted by atomic mass is 10.2. The molecule has 5 nitrogen and oxygen atoms in total. The number of nitrogens with zero attached hydrogens (tertiary/aromatic N) is 1. The highest BCUT2D eigenvalue weighted by Gasteiger charge is 2.15. The zero-order valence-electron chi connectivity index (χ0n) is 15.3. The van der Waals surface area contributed by atoms with Gasteiger partial charge in [-0.3, -0.25) is 4.79 Å². The number of thiazole rings is 1. The number of carbonyl (C=O) groups excluding carboxylic acids is 1. The topological polar surface area (TPSA) is 67.0 Å². The summed E-state index contributed by atoms with van der Waals surface area (Å²) in [5.41, 5.74) is 4.28. The van der Waals surface area contributed by atoms with Crippen LogP contribution in [0.15, 0.2) is 35.7 Å². The summed E-state index contributed by atoms with van der Waals surface area (Å²) in [4.78, 5) is 20.3. The van der Waals surface area contributed by atoms with Crippen LogP contribution >= 0.6 is 11.3 Å². The molecule has 0 saturated carbocycles. The van der Waals surface area contributed by atoms with Crippen LogP contribution in [0.1, 0.15) is 35.8 Å². The number of H-pyrrole nitrogens is 1. The summed E-state index contributed by atoms with van der Waals surface area (Å²) < 4.78 is 5.19. The van der Waals surface area contributed by atoms with Gasteiger partial charge in [0.05, 0.1) is 24.1 Å². The van der Waals surface area contributed by atoms with Crippen LogP contribution in [-0.2, 0) is 0 Å². The van der Waals surface area contributed by atoms with Gasteiger partial charge in [-0.1, -0.05) is 13.3 Å². The van der Waals surface area contributed by atoms with Crippen molar-refractivity contribution in [2.75, 3.05) is 13.7 Å². The van der Waals surface area contributed by atoms with Crippen molar-refractivity contribution >= 4 is 17.2 Å². The smallest absolute Gasteiger partial charge is 0.253 e. The van der Waals surface area contributed by atoms with Gasteiger partial charge in [-0.2, -0.15) is 0 Å². The van der Waals surface area contributed by atoms with Crippen molar-refractivity contribution in [1.29, 1.82) is 0 Å². The monoisotopic (exact) mass is 369 g/mol. The van der Waals surface area contributed by atoms with Crippen molar-refractivity contribution < 1.29 is 9.53 Å². The molecule has 0 radical (unpaired) electrons. The zero-order valence-corrected chi connectivity index (χ0v) is 16.1. The Labute approximate surface area is 157 Å². The number of aromatic nitrogens is 2. The van der Waals surface area contributed by atoms with Gasteiger partial charge in [-0.15, -0.1) is 11.3 Å². The maximum atomic E-state index is 12.3. The van der Waals surface area contributed by atoms with Crippen LogP contribution in [0.3, 0.4) is 0 Å². The molecule has 0 spiro atoms. The molecular weight excluding hydrogens is 346 g/mol. The number of unbranched alkanes of at least 4 members (excludes halogenated alkanes) is 1. The Bertz CT molecular complexity index is 881. The maximum absolute atomic E-state index is 12.3. The van der Waals surface area contributed by atoms with E-state index in [1.54, 1.807) is 18.4 Å². The molecule has 0 aliphatic rings. The minimum Gasteiger partial charge on any atom is -0.497 e. The van der Waals surface area contributed by atoms with E-state index in [0.717, 1.165) is 46.2 Å². The van der Waals surface area contributed by atoms with Crippen LogP contribution in [0, 0.1) is 6.92 Å². The molecule has 1 aromatic carbocycles. The molecule has 26 heavy (non-hydrogen) atoms. The Kier molecular flexibility index (Phi) is 5.73. The minimum absolute atomic E-state index is 0.0379. The summed E-state index contributed by atoms with van der Waals surface area (Å²) in [6.45, 7) is 4.72. The predicted molar refractivity (Wildman–Crippen MR) is 106 cm³/mol. The molecule has 0 saturated heterocycles. The largest absolute Gasteiger partial charge is 0.497 e. The minimum atomic E-state index is -0.0379. The van der Waals surface area contributed by atoms with Crippen molar-refractivity contribution in [3.8, 4) is 27.7 Å². The van der Waals surface area contributed by atoms with Gasteiger partial charge >= 0.3 is 0 Å².